The molecule has 0 aliphatic carbocycles. The lowest BCUT2D eigenvalue weighted by Gasteiger charge is -2.29. The largest absolute Gasteiger partial charge is 0.383 e. The van der Waals surface area contributed by atoms with Crippen molar-refractivity contribution in [3.05, 3.63) is 16.9 Å². The Bertz CT molecular complexity index is 474. The summed E-state index contributed by atoms with van der Waals surface area (Å²) in [6.45, 7) is 3.05. The summed E-state index contributed by atoms with van der Waals surface area (Å²) >= 11 is 5.85. The number of halogens is 1. The van der Waals surface area contributed by atoms with Crippen molar-refractivity contribution in [1.82, 2.24) is 20.4 Å². The van der Waals surface area contributed by atoms with Crippen molar-refractivity contribution in [2.45, 2.75) is 12.8 Å². The maximum Gasteiger partial charge on any atom is 0.273 e. The molecule has 0 atom stereocenters. The number of aromatic nitrogens is 2. The number of likely N-dealkylation sites (tertiary alicyclic amines) is 1. The first-order valence-corrected chi connectivity index (χ1v) is 7.15. The number of anilines is 1. The van der Waals surface area contributed by atoms with Gasteiger partial charge in [-0.15, -0.1) is 10.2 Å². The Morgan fingerprint density at radius 1 is 1.45 bits per heavy atom. The van der Waals surface area contributed by atoms with Gasteiger partial charge >= 0.3 is 0 Å². The van der Waals surface area contributed by atoms with E-state index in [1.165, 1.54) is 0 Å². The van der Waals surface area contributed by atoms with Crippen LogP contribution >= 0.6 is 11.6 Å². The summed E-state index contributed by atoms with van der Waals surface area (Å²) in [5, 5.41) is 13.7. The summed E-state index contributed by atoms with van der Waals surface area (Å²) in [7, 11) is 3.71. The van der Waals surface area contributed by atoms with Crippen LogP contribution in [0.5, 0.6) is 0 Å². The van der Waals surface area contributed by atoms with Gasteiger partial charge in [-0.2, -0.15) is 0 Å². The SMILES string of the molecule is CNC(=O)c1nnc(Cl)cc1NCC1CCN(C)CC1. The third-order valence-electron chi connectivity index (χ3n) is 3.63. The normalized spacial score (nSPS) is 16.9. The topological polar surface area (TPSA) is 70.1 Å². The molecule has 6 nitrogen and oxygen atoms in total. The first-order chi connectivity index (χ1) is 9.60. The molecule has 1 aromatic heterocycles. The molecule has 1 amide bonds. The fraction of sp³-hybridized carbons (Fsp3) is 0.615. The molecule has 7 heteroatoms. The Morgan fingerprint density at radius 3 is 2.80 bits per heavy atom. The fourth-order valence-electron chi connectivity index (χ4n) is 2.31. The van der Waals surface area contributed by atoms with Crippen molar-refractivity contribution in [3.8, 4) is 0 Å². The van der Waals surface area contributed by atoms with Gasteiger partial charge in [0.15, 0.2) is 10.8 Å². The van der Waals surface area contributed by atoms with E-state index in [1.807, 2.05) is 0 Å². The predicted octanol–water partition coefficient (Wildman–Crippen LogP) is 1.24. The van der Waals surface area contributed by atoms with Crippen molar-refractivity contribution in [2.24, 2.45) is 5.92 Å². The summed E-state index contributed by atoms with van der Waals surface area (Å²) in [5.41, 5.74) is 0.924. The van der Waals surface area contributed by atoms with Gasteiger partial charge in [-0.25, -0.2) is 0 Å². The van der Waals surface area contributed by atoms with Gasteiger partial charge in [0, 0.05) is 19.7 Å². The van der Waals surface area contributed by atoms with Crippen molar-refractivity contribution in [2.75, 3.05) is 39.0 Å². The molecule has 0 unspecified atom stereocenters. The van der Waals surface area contributed by atoms with Crippen molar-refractivity contribution in [1.29, 1.82) is 0 Å². The van der Waals surface area contributed by atoms with Crippen LogP contribution in [0, 0.1) is 5.92 Å². The lowest BCUT2D eigenvalue weighted by Crippen LogP contribution is -2.33. The molecule has 1 aromatic rings. The van der Waals surface area contributed by atoms with Gasteiger partial charge < -0.3 is 15.5 Å². The van der Waals surface area contributed by atoms with Gasteiger partial charge in [-0.1, -0.05) is 11.6 Å². The summed E-state index contributed by atoms with van der Waals surface area (Å²) in [5.74, 6) is 0.343. The van der Waals surface area contributed by atoms with E-state index in [0.29, 0.717) is 11.6 Å². The minimum atomic E-state index is -0.264. The summed E-state index contributed by atoms with van der Waals surface area (Å²) in [6, 6.07) is 1.65. The zero-order valence-electron chi connectivity index (χ0n) is 11.8. The Labute approximate surface area is 123 Å². The quantitative estimate of drug-likeness (QED) is 0.875. The number of amides is 1. The molecule has 2 N–H and O–H groups in total. The van der Waals surface area contributed by atoms with Crippen LogP contribution in [0.15, 0.2) is 6.07 Å². The van der Waals surface area contributed by atoms with E-state index in [2.05, 4.69) is 32.8 Å². The molecule has 2 rings (SSSR count). The van der Waals surface area contributed by atoms with Gasteiger partial charge in [0.1, 0.15) is 0 Å². The molecule has 0 radical (unpaired) electrons. The highest BCUT2D eigenvalue weighted by atomic mass is 35.5. The second kappa shape index (κ2) is 6.85. The molecule has 0 saturated carbocycles. The first kappa shape index (κ1) is 15.0. The zero-order chi connectivity index (χ0) is 14.5. The molecule has 2 heterocycles. The summed E-state index contributed by atoms with van der Waals surface area (Å²) in [6.07, 6.45) is 2.32. The zero-order valence-corrected chi connectivity index (χ0v) is 12.6. The molecular formula is C13H20ClN5O. The number of nitrogens with zero attached hydrogens (tertiary/aromatic N) is 3. The molecule has 0 bridgehead atoms. The molecule has 110 valence electrons. The number of hydrogen-bond donors (Lipinski definition) is 2. The highest BCUT2D eigenvalue weighted by Gasteiger charge is 2.18. The fourth-order valence-corrected chi connectivity index (χ4v) is 2.46. The number of hydrogen-bond acceptors (Lipinski definition) is 5. The molecular weight excluding hydrogens is 278 g/mol. The van der Waals surface area contributed by atoms with Crippen LogP contribution < -0.4 is 10.6 Å². The third kappa shape index (κ3) is 3.80. The number of carbonyl (C=O) groups excluding carboxylic acids is 1. The highest BCUT2D eigenvalue weighted by Crippen LogP contribution is 2.20. The Balaban J connectivity index is 2.01. The molecule has 1 aliphatic rings. The van der Waals surface area contributed by atoms with Crippen LogP contribution in [0.1, 0.15) is 23.3 Å². The molecule has 1 fully saturated rings. The highest BCUT2D eigenvalue weighted by molar-refractivity contribution is 6.29. The van der Waals surface area contributed by atoms with E-state index in [1.54, 1.807) is 13.1 Å². The van der Waals surface area contributed by atoms with Crippen LogP contribution in [-0.2, 0) is 0 Å². The van der Waals surface area contributed by atoms with E-state index in [-0.39, 0.29) is 16.8 Å². The molecule has 0 aromatic carbocycles. The number of piperidine rings is 1. The van der Waals surface area contributed by atoms with Crippen LogP contribution in [-0.4, -0.2) is 54.7 Å². The number of nitrogens with one attached hydrogen (secondary N) is 2. The standard InChI is InChI=1S/C13H20ClN5O/c1-15-13(20)12-10(7-11(14)17-18-12)16-8-9-3-5-19(2)6-4-9/h7,9H,3-6,8H2,1-2H3,(H,15,20)(H,16,17). The molecule has 20 heavy (non-hydrogen) atoms. The van der Waals surface area contributed by atoms with E-state index < -0.39 is 0 Å². The molecule has 1 saturated heterocycles. The van der Waals surface area contributed by atoms with Crippen LogP contribution in [0.4, 0.5) is 5.69 Å². The average molecular weight is 298 g/mol. The lowest BCUT2D eigenvalue weighted by molar-refractivity contribution is 0.0958. The summed E-state index contributed by atoms with van der Waals surface area (Å²) < 4.78 is 0. The van der Waals surface area contributed by atoms with Crippen molar-refractivity contribution >= 4 is 23.2 Å². The maximum absolute atomic E-state index is 11.7. The third-order valence-corrected chi connectivity index (χ3v) is 3.81. The van der Waals surface area contributed by atoms with Gasteiger partial charge in [0.25, 0.3) is 5.91 Å². The molecule has 0 spiro atoms. The van der Waals surface area contributed by atoms with Crippen LogP contribution in [0.2, 0.25) is 5.15 Å². The van der Waals surface area contributed by atoms with Gasteiger partial charge in [-0.3, -0.25) is 4.79 Å². The minimum Gasteiger partial charge on any atom is -0.383 e. The van der Waals surface area contributed by atoms with Crippen molar-refractivity contribution < 1.29 is 4.79 Å². The Morgan fingerprint density at radius 2 is 2.15 bits per heavy atom. The van der Waals surface area contributed by atoms with E-state index >= 15 is 0 Å². The van der Waals surface area contributed by atoms with Gasteiger partial charge in [0.05, 0.1) is 5.69 Å². The molecule has 1 aliphatic heterocycles. The smallest absolute Gasteiger partial charge is 0.273 e. The van der Waals surface area contributed by atoms with E-state index in [0.717, 1.165) is 32.5 Å². The Hall–Kier alpha value is -1.40. The number of carbonyl (C=O) groups is 1. The minimum absolute atomic E-state index is 0.264. The van der Waals surface area contributed by atoms with E-state index in [9.17, 15) is 4.79 Å². The second-order valence-electron chi connectivity index (χ2n) is 5.14. The predicted molar refractivity (Wildman–Crippen MR) is 79.1 cm³/mol. The summed E-state index contributed by atoms with van der Waals surface area (Å²) in [4.78, 5) is 14.1. The van der Waals surface area contributed by atoms with Gasteiger partial charge in [0.2, 0.25) is 0 Å². The maximum atomic E-state index is 11.7. The van der Waals surface area contributed by atoms with Gasteiger partial charge in [-0.05, 0) is 38.9 Å². The van der Waals surface area contributed by atoms with E-state index in [4.69, 9.17) is 11.6 Å². The van der Waals surface area contributed by atoms with Crippen molar-refractivity contribution in [3.63, 3.8) is 0 Å². The second-order valence-corrected chi connectivity index (χ2v) is 5.52. The first-order valence-electron chi connectivity index (χ1n) is 6.78. The van der Waals surface area contributed by atoms with Crippen LogP contribution in [0.3, 0.4) is 0 Å². The monoisotopic (exact) mass is 297 g/mol. The Kier molecular flexibility index (Phi) is 5.14. The lowest BCUT2D eigenvalue weighted by atomic mass is 9.97. The average Bonchev–Trinajstić information content (AvgIpc) is 2.46. The van der Waals surface area contributed by atoms with Crippen LogP contribution in [0.25, 0.3) is 0 Å². The number of rotatable bonds is 4.